The average Bonchev–Trinajstić information content (AvgIpc) is 3.86. The fourth-order valence-corrected chi connectivity index (χ4v) is 6.37. The number of rotatable bonds is 8. The lowest BCUT2D eigenvalue weighted by Crippen LogP contribution is -2.47. The molecule has 2 atom stereocenters. The van der Waals surface area contributed by atoms with Crippen molar-refractivity contribution in [1.29, 1.82) is 0 Å². The molecule has 2 aromatic carbocycles. The van der Waals surface area contributed by atoms with Crippen molar-refractivity contribution in [1.82, 2.24) is 50.7 Å². The first-order valence-electron chi connectivity index (χ1n) is 17.9. The second-order valence-corrected chi connectivity index (χ2v) is 13.2. The maximum Gasteiger partial charge on any atom is 0.274 e. The molecular weight excluding hydrogens is 717 g/mol. The van der Waals surface area contributed by atoms with Crippen LogP contribution in [0.5, 0.6) is 0 Å². The van der Waals surface area contributed by atoms with E-state index in [9.17, 15) is 19.2 Å². The van der Waals surface area contributed by atoms with E-state index in [1.54, 1.807) is 44.9 Å². The van der Waals surface area contributed by atoms with Gasteiger partial charge in [0, 0.05) is 51.4 Å². The summed E-state index contributed by atoms with van der Waals surface area (Å²) in [6, 6.07) is 19.7. The molecule has 4 aromatic heterocycles. The molecule has 8 rings (SSSR count). The average molecular weight is 755 g/mol. The van der Waals surface area contributed by atoms with Crippen LogP contribution in [-0.4, -0.2) is 89.9 Å². The van der Waals surface area contributed by atoms with Gasteiger partial charge in [-0.3, -0.25) is 38.9 Å². The molecule has 2 N–H and O–H groups in total. The Morgan fingerprint density at radius 1 is 0.714 bits per heavy atom. The van der Waals surface area contributed by atoms with Gasteiger partial charge in [-0.25, -0.2) is 9.97 Å². The molecule has 0 fully saturated rings. The minimum atomic E-state index is -0.678. The van der Waals surface area contributed by atoms with E-state index in [1.165, 1.54) is 20.8 Å². The highest BCUT2D eigenvalue weighted by Crippen LogP contribution is 2.23. The van der Waals surface area contributed by atoms with Crippen molar-refractivity contribution < 1.29 is 23.7 Å². The van der Waals surface area contributed by atoms with Gasteiger partial charge in [-0.05, 0) is 36.8 Å². The number of fused-ring (bicyclic) bond motifs is 2. The van der Waals surface area contributed by atoms with Gasteiger partial charge in [0.05, 0.1) is 24.1 Å². The monoisotopic (exact) mass is 754 g/mol. The number of benzene rings is 2. The van der Waals surface area contributed by atoms with Crippen molar-refractivity contribution in [2.75, 3.05) is 23.9 Å². The Hall–Kier alpha value is -7.17. The quantitative estimate of drug-likeness (QED) is 0.230. The zero-order chi connectivity index (χ0) is 39.0. The molecule has 0 bridgehead atoms. The number of nitrogens with zero attached hydrogens (tertiary/aromatic N) is 10. The molecule has 0 aliphatic carbocycles. The van der Waals surface area contributed by atoms with Crippen molar-refractivity contribution in [2.24, 2.45) is 0 Å². The van der Waals surface area contributed by atoms with Crippen LogP contribution in [0.15, 0.2) is 102 Å². The van der Waals surface area contributed by atoms with Gasteiger partial charge >= 0.3 is 0 Å². The molecule has 2 aliphatic rings. The molecule has 2 aliphatic heterocycles. The number of aryl methyl sites for hydroxylation is 2. The molecular formula is C39H38N12O5. The first kappa shape index (κ1) is 37.2. The summed E-state index contributed by atoms with van der Waals surface area (Å²) < 4.78 is 5.28. The number of carbonyl (C=O) groups excluding carboxylic acids is 4. The summed E-state index contributed by atoms with van der Waals surface area (Å²) in [6.07, 6.45) is 10.2. The van der Waals surface area contributed by atoms with Crippen LogP contribution in [0.25, 0.3) is 0 Å². The van der Waals surface area contributed by atoms with Crippen LogP contribution >= 0.6 is 0 Å². The van der Waals surface area contributed by atoms with E-state index in [2.05, 4.69) is 45.9 Å². The number of aromatic nitrogens is 8. The minimum Gasteiger partial charge on any atom is -0.360 e. The van der Waals surface area contributed by atoms with Gasteiger partial charge in [0.25, 0.3) is 23.6 Å². The summed E-state index contributed by atoms with van der Waals surface area (Å²) in [7, 11) is 3.27. The van der Waals surface area contributed by atoms with Crippen LogP contribution in [-0.2, 0) is 35.4 Å². The molecule has 0 spiro atoms. The topological polar surface area (TPSA) is 207 Å². The van der Waals surface area contributed by atoms with Crippen molar-refractivity contribution in [3.05, 3.63) is 137 Å². The van der Waals surface area contributed by atoms with E-state index in [0.29, 0.717) is 56.0 Å². The number of hydrogen-bond acceptors (Lipinski definition) is 12. The fraction of sp³-hybridized carbons (Fsp3) is 0.256. The zero-order valence-corrected chi connectivity index (χ0v) is 30.6. The smallest absolute Gasteiger partial charge is 0.274 e. The molecule has 56 heavy (non-hydrogen) atoms. The van der Waals surface area contributed by atoms with Crippen molar-refractivity contribution in [2.45, 2.75) is 50.7 Å². The third kappa shape index (κ3) is 8.62. The highest BCUT2D eigenvalue weighted by molar-refractivity contribution is 6.02. The lowest BCUT2D eigenvalue weighted by Gasteiger charge is -2.20. The molecule has 0 saturated carbocycles. The van der Waals surface area contributed by atoms with E-state index >= 15 is 0 Å². The summed E-state index contributed by atoms with van der Waals surface area (Å²) >= 11 is 0. The lowest BCUT2D eigenvalue weighted by atomic mass is 10.1. The summed E-state index contributed by atoms with van der Waals surface area (Å²) in [5.41, 5.74) is 3.89. The molecule has 4 amide bonds. The minimum absolute atomic E-state index is 0.152. The van der Waals surface area contributed by atoms with Gasteiger partial charge in [0.1, 0.15) is 17.8 Å². The second-order valence-electron chi connectivity index (χ2n) is 13.2. The Bertz CT molecular complexity index is 2170. The first-order chi connectivity index (χ1) is 27.2. The van der Waals surface area contributed by atoms with Crippen molar-refractivity contribution in [3.63, 3.8) is 0 Å². The largest absolute Gasteiger partial charge is 0.360 e. The van der Waals surface area contributed by atoms with Gasteiger partial charge in [0.15, 0.2) is 23.0 Å². The molecule has 0 saturated heterocycles. The Labute approximate surface area is 321 Å². The maximum absolute atomic E-state index is 12.7. The number of hydrogen-bond donors (Lipinski definition) is 2. The summed E-state index contributed by atoms with van der Waals surface area (Å²) in [6.45, 7) is 0.464. The van der Waals surface area contributed by atoms with Crippen LogP contribution in [0, 0.1) is 0 Å². The number of amides is 4. The Balaban J connectivity index is 0.000000172. The summed E-state index contributed by atoms with van der Waals surface area (Å²) in [5, 5.41) is 17.7. The van der Waals surface area contributed by atoms with E-state index in [1.807, 2.05) is 60.7 Å². The Morgan fingerprint density at radius 2 is 1.23 bits per heavy atom. The van der Waals surface area contributed by atoms with E-state index in [0.717, 1.165) is 22.5 Å². The molecule has 284 valence electrons. The standard InChI is InChI=1S/C20H19N5O3.C19H19N7O2/c1-25-18-15(21-9-10-22-18)7-8-16(20(25)27)23-19(26)17-12-14(28-24-17)11-13-5-3-2-4-6-13;1-25-17-14(20-9-10-21-17)7-8-15(19(25)28)23-18(27)16-11-22-26(24-16)12-13-5-3-2-4-6-13/h2-6,9-10,12,16H,7-8,11H2,1H3,(H,23,26);2-6,9-11,15H,7-8,12H2,1H3,(H,23,27)/t16-;15-/m00/s1. The van der Waals surface area contributed by atoms with Crippen LogP contribution in [0.2, 0.25) is 0 Å². The van der Waals surface area contributed by atoms with Gasteiger partial charge in [-0.2, -0.15) is 9.90 Å². The Kier molecular flexibility index (Phi) is 11.2. The normalized spacial score (nSPS) is 16.4. The summed E-state index contributed by atoms with van der Waals surface area (Å²) in [4.78, 5) is 72.0. The SMILES string of the molecule is CN1C(=O)[C@@H](NC(=O)c2cc(Cc3ccccc3)on2)CCc2nccnc21.CN1C(=O)[C@@H](NC(=O)c2cnn(Cc3ccccc3)n2)CCc2nccnc21. The van der Waals surface area contributed by atoms with E-state index in [4.69, 9.17) is 4.52 Å². The number of nitrogens with one attached hydrogen (secondary N) is 2. The lowest BCUT2D eigenvalue weighted by molar-refractivity contribution is -0.120. The van der Waals surface area contributed by atoms with E-state index in [-0.39, 0.29) is 23.2 Å². The first-order valence-corrected chi connectivity index (χ1v) is 17.9. The molecule has 17 nitrogen and oxygen atoms in total. The number of likely N-dealkylation sites (N-methyl/N-ethyl adjacent to an activating group) is 2. The zero-order valence-electron chi connectivity index (χ0n) is 30.6. The molecule has 0 radical (unpaired) electrons. The van der Waals surface area contributed by atoms with Crippen molar-refractivity contribution in [3.8, 4) is 0 Å². The van der Waals surface area contributed by atoms with Crippen LogP contribution in [0.1, 0.15) is 62.1 Å². The van der Waals surface area contributed by atoms with Crippen LogP contribution in [0.3, 0.4) is 0 Å². The second kappa shape index (κ2) is 16.9. The summed E-state index contributed by atoms with van der Waals surface area (Å²) in [5.74, 6) is 0.292. The molecule has 6 aromatic rings. The third-order valence-corrected chi connectivity index (χ3v) is 9.30. The van der Waals surface area contributed by atoms with Gasteiger partial charge in [-0.15, -0.1) is 5.10 Å². The molecule has 17 heteroatoms. The third-order valence-electron chi connectivity index (χ3n) is 9.30. The highest BCUT2D eigenvalue weighted by Gasteiger charge is 2.33. The number of anilines is 2. The maximum atomic E-state index is 12.7. The van der Waals surface area contributed by atoms with Crippen LogP contribution in [0.4, 0.5) is 11.6 Å². The van der Waals surface area contributed by atoms with Crippen molar-refractivity contribution >= 4 is 35.3 Å². The van der Waals surface area contributed by atoms with E-state index < -0.39 is 23.9 Å². The van der Waals surface area contributed by atoms with Crippen LogP contribution < -0.4 is 20.4 Å². The molecule has 6 heterocycles. The van der Waals surface area contributed by atoms with Gasteiger partial charge in [-0.1, -0.05) is 65.8 Å². The van der Waals surface area contributed by atoms with Gasteiger partial charge in [0.2, 0.25) is 0 Å². The number of carbonyl (C=O) groups is 4. The van der Waals surface area contributed by atoms with Gasteiger partial charge < -0.3 is 15.2 Å². The fourth-order valence-electron chi connectivity index (χ4n) is 6.37. The predicted molar refractivity (Wildman–Crippen MR) is 201 cm³/mol. The predicted octanol–water partition coefficient (Wildman–Crippen LogP) is 2.59. The molecule has 0 unspecified atom stereocenters. The Morgan fingerprint density at radius 3 is 1.80 bits per heavy atom. The highest BCUT2D eigenvalue weighted by atomic mass is 16.5.